The molecule has 8 aliphatic rings. The van der Waals surface area contributed by atoms with Gasteiger partial charge in [-0.1, -0.05) is 52.0 Å². The van der Waals surface area contributed by atoms with Gasteiger partial charge in [-0.05, 0) is 178 Å². The van der Waals surface area contributed by atoms with E-state index < -0.39 is 172 Å². The van der Waals surface area contributed by atoms with Gasteiger partial charge < -0.3 is 38.2 Å². The summed E-state index contributed by atoms with van der Waals surface area (Å²) >= 11 is 0. The van der Waals surface area contributed by atoms with Crippen molar-refractivity contribution in [3.05, 3.63) is 84.7 Å². The van der Waals surface area contributed by atoms with Gasteiger partial charge in [0.15, 0.2) is 11.6 Å². The van der Waals surface area contributed by atoms with Crippen LogP contribution in [-0.4, -0.2) is 169 Å². The number of sulfonamides is 2. The predicted molar refractivity (Wildman–Crippen MR) is 406 cm³/mol. The fourth-order valence-corrected chi connectivity index (χ4v) is 19.7. The number of nitrogens with one attached hydrogen (secondary N) is 2. The van der Waals surface area contributed by atoms with Crippen LogP contribution in [0.15, 0.2) is 73.1 Å². The predicted octanol–water partition coefficient (Wildman–Crippen LogP) is 12.0. The normalized spacial score (nSPS) is 30.0. The van der Waals surface area contributed by atoms with Crippen molar-refractivity contribution in [3.63, 3.8) is 0 Å². The van der Waals surface area contributed by atoms with Crippen LogP contribution in [0, 0.1) is 69.8 Å². The fraction of sp³-hybridized carbons (Fsp3) is 0.634. The molecular formula is C82H106F4N6O18S2. The second-order valence-electron chi connectivity index (χ2n) is 34.8. The number of aromatic nitrogens is 2. The highest BCUT2D eigenvalue weighted by atomic mass is 32.2. The maximum Gasteiger partial charge on any atom is 0.307 e. The number of benzene rings is 2. The van der Waals surface area contributed by atoms with Gasteiger partial charge in [0.05, 0.1) is 85.7 Å². The molecule has 612 valence electrons. The minimum absolute atomic E-state index is 0.0134. The van der Waals surface area contributed by atoms with Gasteiger partial charge in [-0.3, -0.25) is 47.8 Å². The van der Waals surface area contributed by atoms with Crippen molar-refractivity contribution in [3.8, 4) is 23.3 Å². The molecular weight excluding hydrogens is 1500 g/mol. The van der Waals surface area contributed by atoms with Crippen molar-refractivity contribution in [1.82, 2.24) is 29.2 Å². The number of fused-ring (bicyclic) bond motifs is 6. The van der Waals surface area contributed by atoms with Crippen LogP contribution in [0.1, 0.15) is 185 Å². The lowest BCUT2D eigenvalue weighted by molar-refractivity contribution is -0.160. The molecule has 0 unspecified atom stereocenters. The molecule has 2 saturated heterocycles. The molecule has 6 heterocycles. The molecule has 4 aromatic rings. The van der Waals surface area contributed by atoms with E-state index in [0.29, 0.717) is 47.2 Å². The summed E-state index contributed by atoms with van der Waals surface area (Å²) in [5.74, 6) is -8.11. The smallest absolute Gasteiger partial charge is 0.307 e. The maximum absolute atomic E-state index is 14.8. The lowest BCUT2D eigenvalue weighted by Crippen LogP contribution is -2.48. The molecule has 12 rings (SSSR count). The number of nitrogens with zero attached hydrogens (tertiary/aromatic N) is 4. The van der Waals surface area contributed by atoms with Crippen LogP contribution in [0.25, 0.3) is 21.5 Å². The fourth-order valence-electron chi connectivity index (χ4n) is 16.8. The Hall–Kier alpha value is -8.28. The van der Waals surface area contributed by atoms with E-state index in [4.69, 9.17) is 28.4 Å². The van der Waals surface area contributed by atoms with Crippen molar-refractivity contribution in [2.75, 3.05) is 40.7 Å². The van der Waals surface area contributed by atoms with E-state index in [1.807, 2.05) is 38.2 Å². The van der Waals surface area contributed by atoms with Gasteiger partial charge >= 0.3 is 11.9 Å². The van der Waals surface area contributed by atoms with Crippen molar-refractivity contribution < 1.29 is 101 Å². The number of alkyl halides is 2. The van der Waals surface area contributed by atoms with E-state index in [-0.39, 0.29) is 137 Å². The zero-order valence-corrected chi connectivity index (χ0v) is 67.5. The highest BCUT2D eigenvalue weighted by Gasteiger charge is 2.66. The summed E-state index contributed by atoms with van der Waals surface area (Å²) in [6.45, 7) is 16.0. The van der Waals surface area contributed by atoms with E-state index >= 15 is 0 Å². The van der Waals surface area contributed by atoms with Crippen molar-refractivity contribution in [2.24, 2.45) is 58.2 Å². The summed E-state index contributed by atoms with van der Waals surface area (Å²) in [5.41, 5.74) is -4.45. The van der Waals surface area contributed by atoms with E-state index in [0.717, 1.165) is 12.8 Å². The van der Waals surface area contributed by atoms with Gasteiger partial charge in [-0.2, -0.15) is 0 Å². The Morgan fingerprint density at radius 1 is 0.554 bits per heavy atom. The number of hydrogen-bond acceptors (Lipinski definition) is 20. The number of halogens is 4. The van der Waals surface area contributed by atoms with Gasteiger partial charge in [0.25, 0.3) is 0 Å². The lowest BCUT2D eigenvalue weighted by atomic mass is 9.82. The number of hydrogen-bond donors (Lipinski definition) is 2. The van der Waals surface area contributed by atoms with Crippen molar-refractivity contribution in [1.29, 1.82) is 0 Å². The quantitative estimate of drug-likeness (QED) is 0.0531. The Morgan fingerprint density at radius 2 is 0.920 bits per heavy atom. The highest BCUT2D eigenvalue weighted by molar-refractivity contribution is 7.92. The van der Waals surface area contributed by atoms with Crippen LogP contribution >= 0.6 is 0 Å². The first-order valence-electron chi connectivity index (χ1n) is 38.9. The third-order valence-electron chi connectivity index (χ3n) is 23.8. The Balaban J connectivity index is 0.000000221. The number of Topliss-reactive ketones (excluding diaryl/α,β-unsaturated/α-hetero) is 2. The Bertz CT molecular complexity index is 4310. The van der Waals surface area contributed by atoms with Crippen LogP contribution in [0.5, 0.6) is 23.3 Å². The number of ketones is 2. The SMILES string of the molecule is COc1cc(F)cc2c(O[C@@H]3C[C@H]4C(=O)C[C@]5(C(=O)NS(=O)(=O)C6(CF)CC6)C[C@H]5/C=C\CC[C@@H](C)C[C@@H](C)[C@H](CC(=O)OC(C)(C)C)C(=O)N4C3)nccc12.COc1cc(F)cc2c(O[C@@H]3C[C@H]4C(=O)C[C@]5(C(=O)NS(=O)(=O)C6(CF)CC6)C[C@H]5/C=C\CC[C@H](C)C[C@@H](C)[C@H](CC(=O)OC(C)(C)C)C(=O)N4C3)nccc12. The second-order valence-corrected chi connectivity index (χ2v) is 38.9. The molecule has 2 aromatic heterocycles. The molecule has 112 heavy (non-hydrogen) atoms. The molecule has 0 spiro atoms. The van der Waals surface area contributed by atoms with E-state index in [1.165, 1.54) is 60.7 Å². The van der Waals surface area contributed by atoms with Crippen LogP contribution in [0.2, 0.25) is 0 Å². The minimum atomic E-state index is -4.36. The molecule has 2 aromatic carbocycles. The molecule has 4 aliphatic heterocycles. The van der Waals surface area contributed by atoms with Crippen LogP contribution < -0.4 is 28.4 Å². The first-order valence-corrected chi connectivity index (χ1v) is 41.9. The Labute approximate surface area is 652 Å². The lowest BCUT2D eigenvalue weighted by Gasteiger charge is -2.32. The standard InChI is InChI=1S/2C41H53F2N3O9S/c2*1-24-9-7-8-10-26-20-41(26,38(50)45-56(51,52)40(23-42)12-13-40)21-33(47)32-18-28(54-36-31-16-27(43)17-34(53-6)29(31)11-14-44-36)22-46(32)37(49)30(25(2)15-24)19-35(48)55-39(3,4)5/h2*8,10-11,14,16-17,24-26,28,30,32H,7,9,12-13,15,18-23H2,1-6H3,(H,45,50)/b2*10-8-/t24-,25+,26+,28+,30-,32-,41+;24-,25-,26-,28-,30+,32+,41-/m01/s1. The summed E-state index contributed by atoms with van der Waals surface area (Å²) in [4.78, 5) is 125. The number of carbonyl (C=O) groups excluding carboxylic acids is 8. The molecule has 6 fully saturated rings. The first kappa shape index (κ1) is 84.6. The van der Waals surface area contributed by atoms with E-state index in [2.05, 4.69) is 33.3 Å². The molecule has 4 amide bonds. The number of amides is 4. The monoisotopic (exact) mass is 1600 g/mol. The Kier molecular flexibility index (Phi) is 24.9. The molecule has 30 heteroatoms. The van der Waals surface area contributed by atoms with Crippen molar-refractivity contribution in [2.45, 2.75) is 230 Å². The summed E-state index contributed by atoms with van der Waals surface area (Å²) in [6, 6.07) is 6.07. The minimum Gasteiger partial charge on any atom is -0.496 e. The average Bonchev–Trinajstić information content (AvgIpc) is 1.57. The summed E-state index contributed by atoms with van der Waals surface area (Å²) in [7, 11) is -5.90. The van der Waals surface area contributed by atoms with Gasteiger partial charge in [0.1, 0.15) is 69.4 Å². The summed E-state index contributed by atoms with van der Waals surface area (Å²) in [6.07, 6.45) is 12.4. The van der Waals surface area contributed by atoms with Crippen molar-refractivity contribution >= 4 is 88.7 Å². The number of rotatable bonds is 18. The van der Waals surface area contributed by atoms with Gasteiger partial charge in [0.2, 0.25) is 55.4 Å². The van der Waals surface area contributed by atoms with Gasteiger partial charge in [0, 0.05) is 61.0 Å². The third-order valence-corrected chi connectivity index (χ3v) is 28.0. The average molecular weight is 1600 g/mol. The molecule has 0 radical (unpaired) electrons. The zero-order valence-electron chi connectivity index (χ0n) is 65.9. The first-order chi connectivity index (χ1) is 52.6. The summed E-state index contributed by atoms with van der Waals surface area (Å²) in [5, 5.41) is 1.72. The Morgan fingerprint density at radius 3 is 1.25 bits per heavy atom. The zero-order chi connectivity index (χ0) is 81.6. The number of allylic oxidation sites excluding steroid dienone is 4. The molecule has 0 bridgehead atoms. The molecule has 14 atom stereocenters. The number of ether oxygens (including phenoxy) is 6. The van der Waals surface area contributed by atoms with Gasteiger partial charge in [-0.15, -0.1) is 0 Å². The van der Waals surface area contributed by atoms with Gasteiger partial charge in [-0.25, -0.2) is 44.4 Å². The van der Waals surface area contributed by atoms with Crippen LogP contribution in [-0.2, 0) is 67.9 Å². The number of methoxy groups -OCH3 is 2. The third kappa shape index (κ3) is 18.6. The molecule has 24 nitrogen and oxygen atoms in total. The van der Waals surface area contributed by atoms with E-state index in [1.54, 1.807) is 53.7 Å². The number of esters is 2. The molecule has 4 aliphatic carbocycles. The van der Waals surface area contributed by atoms with Crippen LogP contribution in [0.4, 0.5) is 17.6 Å². The van der Waals surface area contributed by atoms with Crippen LogP contribution in [0.3, 0.4) is 0 Å². The number of carbonyl (C=O) groups is 8. The second kappa shape index (κ2) is 32.9. The maximum atomic E-state index is 14.8. The molecule has 2 N–H and O–H groups in total. The van der Waals surface area contributed by atoms with E-state index in [9.17, 15) is 72.8 Å². The molecule has 4 saturated carbocycles. The largest absolute Gasteiger partial charge is 0.496 e. The number of pyridine rings is 2. The topological polar surface area (TPSA) is 317 Å². The summed E-state index contributed by atoms with van der Waals surface area (Å²) < 4.78 is 146. The highest BCUT2D eigenvalue weighted by Crippen LogP contribution is 2.60.